The van der Waals surface area contributed by atoms with Crippen LogP contribution < -0.4 is 14.2 Å². The van der Waals surface area contributed by atoms with E-state index >= 15 is 0 Å². The van der Waals surface area contributed by atoms with E-state index in [0.29, 0.717) is 96.2 Å². The van der Waals surface area contributed by atoms with Gasteiger partial charge in [-0.15, -0.1) is 0 Å². The van der Waals surface area contributed by atoms with Gasteiger partial charge in [0.2, 0.25) is 0 Å². The summed E-state index contributed by atoms with van der Waals surface area (Å²) in [5.41, 5.74) is 10.2. The van der Waals surface area contributed by atoms with Crippen molar-refractivity contribution in [3.05, 3.63) is 161 Å². The third-order valence-electron chi connectivity index (χ3n) is 17.6. The number of halogens is 2. The summed E-state index contributed by atoms with van der Waals surface area (Å²) in [6.45, 7) is 9.26. The van der Waals surface area contributed by atoms with Crippen molar-refractivity contribution >= 4 is 95.3 Å². The smallest absolute Gasteiger partial charge is 0.183 e. The number of rotatable bonds is 18. The highest BCUT2D eigenvalue weighted by Crippen LogP contribution is 2.43. The molecule has 0 bridgehead atoms. The molecule has 3 aromatic carbocycles. The van der Waals surface area contributed by atoms with Crippen LogP contribution in [0.1, 0.15) is 75.9 Å². The van der Waals surface area contributed by atoms with E-state index in [-0.39, 0.29) is 35.4 Å². The van der Waals surface area contributed by atoms with Crippen molar-refractivity contribution in [2.45, 2.75) is 83.8 Å². The number of aliphatic imine (C=N–C) groups is 1. The molecule has 11 heterocycles. The Labute approximate surface area is 534 Å². The van der Waals surface area contributed by atoms with Crippen molar-refractivity contribution in [1.29, 1.82) is 15.8 Å². The van der Waals surface area contributed by atoms with E-state index in [1.807, 2.05) is 89.8 Å². The molecule has 0 aliphatic carbocycles. The lowest BCUT2D eigenvalue weighted by molar-refractivity contribution is 0.0859. The minimum absolute atomic E-state index is 0.0749. The SMILES string of the molecule is CCCC(CCN=Cn1c2cnc(C#N)c(OC3CCN(CC)CC3)c2c2cc(-c3ccccc3)cnc21)Oc1c(C#N)ncc2c1c1cc(-c3ccccc3Cl)cnc1n2CN1CCC(Oc2c(C#N)ncc3[nH]c4ncc(-c5cccc(Cl)c5)cc4c23)CC1. The van der Waals surface area contributed by atoms with Crippen molar-refractivity contribution in [3.8, 4) is 68.8 Å². The highest BCUT2D eigenvalue weighted by atomic mass is 35.5. The number of likely N-dealkylation sites (tertiary alicyclic amines) is 2. The van der Waals surface area contributed by atoms with Crippen LogP contribution in [0, 0.1) is 34.0 Å². The molecule has 0 amide bonds. The number of hydrogen-bond donors (Lipinski definition) is 1. The number of benzene rings is 3. The van der Waals surface area contributed by atoms with Gasteiger partial charge in [-0.25, -0.2) is 29.9 Å². The number of nitrogens with zero attached hydrogens (tertiary/aromatic N) is 14. The summed E-state index contributed by atoms with van der Waals surface area (Å²) >= 11 is 13.2. The Morgan fingerprint density at radius 2 is 1.20 bits per heavy atom. The normalized spacial score (nSPS) is 14.9. The van der Waals surface area contributed by atoms with Crippen LogP contribution in [0.15, 0.2) is 139 Å². The second-order valence-electron chi connectivity index (χ2n) is 23.2. The molecule has 12 aromatic rings. The lowest BCUT2D eigenvalue weighted by atomic mass is 10.0. The largest absolute Gasteiger partial charge is 0.487 e. The van der Waals surface area contributed by atoms with Gasteiger partial charge in [0, 0.05) is 106 Å². The topological polar surface area (TPSA) is 221 Å². The first-order chi connectivity index (χ1) is 44.7. The van der Waals surface area contributed by atoms with Crippen LogP contribution in [0.2, 0.25) is 10.0 Å². The standard InChI is InChI=1S/C71H61Cl2N15O3/c1-3-11-49(18-23-77-41-87-61-39-79-58(33-75)67(91-50-19-24-85(4-2)25-20-50)64(61)54-30-45(36-82-70(54)87)43-12-6-5-7-13-43)89-68-59(34-76)80-40-62-65(68)55-31-47(52-16-8-9-17-56(52)73)37-83-71(55)88(62)42-86-26-21-51(22-27-86)90-66-57(32-74)78-38-60-63(66)53-29-46(35-81-69(53)84-60)44-14-10-15-48(72)28-44/h5-10,12-17,28-31,35-41,49-51H,3-4,11,18-27,42H2,1-2H3,(H,81,84). The van der Waals surface area contributed by atoms with Crippen LogP contribution in [0.5, 0.6) is 17.2 Å². The molecule has 452 valence electrons. The average molecular weight is 1240 g/mol. The fourth-order valence-electron chi connectivity index (χ4n) is 13.0. The molecular weight excluding hydrogens is 1180 g/mol. The molecule has 2 saturated heterocycles. The molecule has 0 radical (unpaired) electrons. The molecule has 1 N–H and O–H groups in total. The van der Waals surface area contributed by atoms with Gasteiger partial charge in [0.25, 0.3) is 0 Å². The minimum atomic E-state index is -0.365. The molecule has 1 atom stereocenters. The Morgan fingerprint density at radius 1 is 0.593 bits per heavy atom. The van der Waals surface area contributed by atoms with Gasteiger partial charge in [-0.3, -0.25) is 14.5 Å². The lowest BCUT2D eigenvalue weighted by Crippen LogP contribution is -2.39. The van der Waals surface area contributed by atoms with Gasteiger partial charge in [0.15, 0.2) is 34.3 Å². The minimum Gasteiger partial charge on any atom is -0.487 e. The van der Waals surface area contributed by atoms with Gasteiger partial charge in [0.05, 0.1) is 64.3 Å². The van der Waals surface area contributed by atoms with E-state index in [2.05, 4.69) is 85.6 Å². The monoisotopic (exact) mass is 1240 g/mol. The highest BCUT2D eigenvalue weighted by molar-refractivity contribution is 6.33. The summed E-state index contributed by atoms with van der Waals surface area (Å²) in [6.07, 6.45) is 16.8. The molecular formula is C71H61Cl2N15O3. The Balaban J connectivity index is 0.761. The van der Waals surface area contributed by atoms with E-state index < -0.39 is 0 Å². The maximum Gasteiger partial charge on any atom is 0.183 e. The molecule has 1 unspecified atom stereocenters. The summed E-state index contributed by atoms with van der Waals surface area (Å²) < 4.78 is 24.9. The van der Waals surface area contributed by atoms with E-state index in [1.165, 1.54) is 0 Å². The van der Waals surface area contributed by atoms with Crippen LogP contribution in [0.4, 0.5) is 0 Å². The summed E-state index contributed by atoms with van der Waals surface area (Å²) in [5.74, 6) is 1.28. The third kappa shape index (κ3) is 11.4. The molecule has 91 heavy (non-hydrogen) atoms. The van der Waals surface area contributed by atoms with Crippen LogP contribution in [0.25, 0.3) is 99.2 Å². The number of H-pyrrole nitrogens is 1. The molecule has 0 spiro atoms. The van der Waals surface area contributed by atoms with Gasteiger partial charge in [-0.1, -0.05) is 104 Å². The van der Waals surface area contributed by atoms with Gasteiger partial charge in [-0.05, 0) is 86.2 Å². The number of nitriles is 3. The second-order valence-corrected chi connectivity index (χ2v) is 24.1. The number of pyridine rings is 6. The molecule has 2 fully saturated rings. The molecule has 20 heteroatoms. The van der Waals surface area contributed by atoms with Crippen molar-refractivity contribution < 1.29 is 14.2 Å². The van der Waals surface area contributed by atoms with Crippen molar-refractivity contribution in [1.82, 2.24) is 53.8 Å². The van der Waals surface area contributed by atoms with Crippen molar-refractivity contribution in [2.24, 2.45) is 4.99 Å². The Kier molecular flexibility index (Phi) is 16.4. The first-order valence-electron chi connectivity index (χ1n) is 30.8. The molecule has 0 saturated carbocycles. The molecule has 14 rings (SSSR count). The number of aromatic nitrogens is 9. The van der Waals surface area contributed by atoms with E-state index in [0.717, 1.165) is 121 Å². The van der Waals surface area contributed by atoms with Crippen molar-refractivity contribution in [3.63, 3.8) is 0 Å². The van der Waals surface area contributed by atoms with Crippen LogP contribution in [-0.2, 0) is 6.67 Å². The van der Waals surface area contributed by atoms with Crippen LogP contribution in [-0.4, -0.2) is 118 Å². The molecule has 9 aromatic heterocycles. The van der Waals surface area contributed by atoms with Gasteiger partial charge in [0.1, 0.15) is 53.5 Å². The number of hydrogen-bond acceptors (Lipinski definition) is 15. The van der Waals surface area contributed by atoms with E-state index in [1.54, 1.807) is 31.1 Å². The zero-order valence-corrected chi connectivity index (χ0v) is 51.7. The van der Waals surface area contributed by atoms with E-state index in [9.17, 15) is 15.8 Å². The number of piperidine rings is 2. The van der Waals surface area contributed by atoms with Crippen molar-refractivity contribution in [2.75, 3.05) is 39.3 Å². The Morgan fingerprint density at radius 3 is 1.92 bits per heavy atom. The number of nitrogens with one attached hydrogen (secondary N) is 1. The summed E-state index contributed by atoms with van der Waals surface area (Å²) in [6, 6.07) is 38.6. The first-order valence-corrected chi connectivity index (χ1v) is 31.6. The molecule has 2 aliphatic rings. The van der Waals surface area contributed by atoms with Crippen LogP contribution in [0.3, 0.4) is 0 Å². The predicted molar refractivity (Wildman–Crippen MR) is 356 cm³/mol. The summed E-state index contributed by atoms with van der Waals surface area (Å²) in [7, 11) is 0. The second kappa shape index (κ2) is 25.5. The third-order valence-corrected chi connectivity index (χ3v) is 18.2. The van der Waals surface area contributed by atoms with Gasteiger partial charge < -0.3 is 28.7 Å². The maximum absolute atomic E-state index is 10.9. The summed E-state index contributed by atoms with van der Waals surface area (Å²) in [4.78, 5) is 42.1. The fourth-order valence-corrected chi connectivity index (χ4v) is 13.4. The van der Waals surface area contributed by atoms with Gasteiger partial charge >= 0.3 is 0 Å². The molecule has 18 nitrogen and oxygen atoms in total. The molecule has 2 aliphatic heterocycles. The maximum atomic E-state index is 10.9. The summed E-state index contributed by atoms with van der Waals surface area (Å²) in [5, 5.41) is 37.6. The number of ether oxygens (including phenoxy) is 3. The van der Waals surface area contributed by atoms with E-state index in [4.69, 9.17) is 62.3 Å². The Bertz CT molecular complexity index is 4930. The first kappa shape index (κ1) is 58.7. The number of aromatic amines is 1. The number of fused-ring (bicyclic) bond motifs is 9. The fraction of sp³-hybridized carbons (Fsp3) is 0.268. The lowest BCUT2D eigenvalue weighted by Gasteiger charge is -2.32. The van der Waals surface area contributed by atoms with Crippen LogP contribution >= 0.6 is 23.2 Å². The Hall–Kier alpha value is -10.0. The van der Waals surface area contributed by atoms with Gasteiger partial charge in [-0.2, -0.15) is 15.8 Å². The quantitative estimate of drug-likeness (QED) is 0.0624. The zero-order chi connectivity index (χ0) is 62.1. The zero-order valence-electron chi connectivity index (χ0n) is 50.2. The highest BCUT2D eigenvalue weighted by Gasteiger charge is 2.30. The predicted octanol–water partition coefficient (Wildman–Crippen LogP) is 14.7. The average Bonchev–Trinajstić information content (AvgIpc) is 1.63.